The van der Waals surface area contributed by atoms with Gasteiger partial charge in [0, 0.05) is 0 Å². The molecule has 1 saturated carbocycles. The second-order valence-electron chi connectivity index (χ2n) is 4.26. The standard InChI is InChI=1S/C11H18O3/c1-8-4-3-5-10(6-8)14-11(13)7-9(2)12/h8,10H,3-7H2,1-2H3/t8-,10-/m0/s1. The molecule has 0 spiro atoms. The number of Topliss-reactive ketones (excluding diaryl/α,β-unsaturated/α-hetero) is 1. The highest BCUT2D eigenvalue weighted by Crippen LogP contribution is 2.25. The summed E-state index contributed by atoms with van der Waals surface area (Å²) in [5.74, 6) is 0.148. The van der Waals surface area contributed by atoms with Crippen LogP contribution in [0.4, 0.5) is 0 Å². The van der Waals surface area contributed by atoms with Crippen molar-refractivity contribution in [1.29, 1.82) is 0 Å². The molecule has 0 aromatic carbocycles. The summed E-state index contributed by atoms with van der Waals surface area (Å²) in [6.07, 6.45) is 4.22. The molecule has 2 atom stereocenters. The van der Waals surface area contributed by atoms with Gasteiger partial charge in [-0.25, -0.2) is 0 Å². The maximum atomic E-state index is 11.2. The molecule has 3 nitrogen and oxygen atoms in total. The Bertz CT molecular complexity index is 223. The highest BCUT2D eigenvalue weighted by atomic mass is 16.5. The average molecular weight is 198 g/mol. The van der Waals surface area contributed by atoms with Crippen molar-refractivity contribution in [2.24, 2.45) is 5.92 Å². The Labute approximate surface area is 84.8 Å². The fraction of sp³-hybridized carbons (Fsp3) is 0.818. The lowest BCUT2D eigenvalue weighted by atomic mass is 9.89. The predicted octanol–water partition coefficient (Wildman–Crippen LogP) is 2.09. The van der Waals surface area contributed by atoms with Crippen molar-refractivity contribution < 1.29 is 14.3 Å². The first-order valence-corrected chi connectivity index (χ1v) is 5.27. The van der Waals surface area contributed by atoms with Gasteiger partial charge in [-0.3, -0.25) is 9.59 Å². The smallest absolute Gasteiger partial charge is 0.313 e. The molecule has 3 heteroatoms. The van der Waals surface area contributed by atoms with Gasteiger partial charge in [-0.2, -0.15) is 0 Å². The summed E-state index contributed by atoms with van der Waals surface area (Å²) in [7, 11) is 0. The van der Waals surface area contributed by atoms with Crippen LogP contribution in [0.1, 0.15) is 46.0 Å². The summed E-state index contributed by atoms with van der Waals surface area (Å²) in [5, 5.41) is 0. The summed E-state index contributed by atoms with van der Waals surface area (Å²) >= 11 is 0. The molecule has 0 saturated heterocycles. The number of ether oxygens (including phenoxy) is 1. The number of carbonyl (C=O) groups excluding carboxylic acids is 2. The molecule has 0 heterocycles. The number of rotatable bonds is 3. The molecule has 1 aliphatic carbocycles. The van der Waals surface area contributed by atoms with Gasteiger partial charge in [0.2, 0.25) is 0 Å². The number of carbonyl (C=O) groups is 2. The predicted molar refractivity (Wildman–Crippen MR) is 52.8 cm³/mol. The van der Waals surface area contributed by atoms with Crippen molar-refractivity contribution in [2.45, 2.75) is 52.1 Å². The Kier molecular flexibility index (Phi) is 4.11. The molecule has 1 fully saturated rings. The van der Waals surface area contributed by atoms with E-state index in [0.29, 0.717) is 5.92 Å². The van der Waals surface area contributed by atoms with Crippen LogP contribution in [-0.4, -0.2) is 17.9 Å². The molecule has 14 heavy (non-hydrogen) atoms. The molecule has 80 valence electrons. The van der Waals surface area contributed by atoms with Gasteiger partial charge in [-0.1, -0.05) is 13.3 Å². The number of ketones is 1. The van der Waals surface area contributed by atoms with Gasteiger partial charge >= 0.3 is 5.97 Å². The molecule has 0 aromatic rings. The SMILES string of the molecule is CC(=O)CC(=O)O[C@H]1CCC[C@H](C)C1. The van der Waals surface area contributed by atoms with Crippen LogP contribution >= 0.6 is 0 Å². The van der Waals surface area contributed by atoms with Crippen molar-refractivity contribution in [3.8, 4) is 0 Å². The van der Waals surface area contributed by atoms with Crippen LogP contribution in [0, 0.1) is 5.92 Å². The van der Waals surface area contributed by atoms with E-state index in [0.717, 1.165) is 19.3 Å². The summed E-state index contributed by atoms with van der Waals surface area (Å²) in [4.78, 5) is 21.8. The number of hydrogen-bond donors (Lipinski definition) is 0. The van der Waals surface area contributed by atoms with Gasteiger partial charge in [0.15, 0.2) is 0 Å². The lowest BCUT2D eigenvalue weighted by Gasteiger charge is -2.26. The summed E-state index contributed by atoms with van der Waals surface area (Å²) in [5.41, 5.74) is 0. The van der Waals surface area contributed by atoms with Crippen LogP contribution < -0.4 is 0 Å². The quantitative estimate of drug-likeness (QED) is 0.515. The van der Waals surface area contributed by atoms with Gasteiger partial charge in [0.05, 0.1) is 0 Å². The second-order valence-corrected chi connectivity index (χ2v) is 4.26. The van der Waals surface area contributed by atoms with Gasteiger partial charge < -0.3 is 4.74 Å². The van der Waals surface area contributed by atoms with Gasteiger partial charge in [0.25, 0.3) is 0 Å². The van der Waals surface area contributed by atoms with Crippen LogP contribution in [0.2, 0.25) is 0 Å². The summed E-state index contributed by atoms with van der Waals surface area (Å²) < 4.78 is 5.21. The first-order valence-electron chi connectivity index (χ1n) is 5.27. The number of esters is 1. The second kappa shape index (κ2) is 5.13. The van der Waals surface area contributed by atoms with E-state index >= 15 is 0 Å². The molecule has 0 radical (unpaired) electrons. The first kappa shape index (κ1) is 11.2. The van der Waals surface area contributed by atoms with E-state index in [-0.39, 0.29) is 24.3 Å². The molecule has 0 N–H and O–H groups in total. The van der Waals surface area contributed by atoms with Gasteiger partial charge in [-0.15, -0.1) is 0 Å². The van der Waals surface area contributed by atoms with Crippen LogP contribution in [0.3, 0.4) is 0 Å². The third kappa shape index (κ3) is 3.90. The van der Waals surface area contributed by atoms with Crippen molar-refractivity contribution in [3.05, 3.63) is 0 Å². The third-order valence-electron chi connectivity index (χ3n) is 2.58. The normalized spacial score (nSPS) is 27.0. The monoisotopic (exact) mass is 198 g/mol. The van der Waals surface area contributed by atoms with E-state index in [2.05, 4.69) is 6.92 Å². The molecule has 0 bridgehead atoms. The zero-order valence-corrected chi connectivity index (χ0v) is 8.91. The van der Waals surface area contributed by atoms with E-state index in [1.165, 1.54) is 13.3 Å². The first-order chi connectivity index (χ1) is 6.58. The lowest BCUT2D eigenvalue weighted by molar-refractivity contribution is -0.152. The highest BCUT2D eigenvalue weighted by Gasteiger charge is 2.22. The maximum Gasteiger partial charge on any atom is 0.313 e. The van der Waals surface area contributed by atoms with Crippen molar-refractivity contribution in [1.82, 2.24) is 0 Å². The van der Waals surface area contributed by atoms with E-state index in [1.807, 2.05) is 0 Å². The molecule has 0 amide bonds. The lowest BCUT2D eigenvalue weighted by Crippen LogP contribution is -2.25. The minimum absolute atomic E-state index is 0.0469. The maximum absolute atomic E-state index is 11.2. The van der Waals surface area contributed by atoms with E-state index in [4.69, 9.17) is 4.74 Å². The fourth-order valence-corrected chi connectivity index (χ4v) is 1.92. The Morgan fingerprint density at radius 2 is 2.07 bits per heavy atom. The summed E-state index contributed by atoms with van der Waals surface area (Å²) in [6, 6.07) is 0. The van der Waals surface area contributed by atoms with E-state index in [1.54, 1.807) is 0 Å². The van der Waals surface area contributed by atoms with Crippen molar-refractivity contribution in [2.75, 3.05) is 0 Å². The third-order valence-corrected chi connectivity index (χ3v) is 2.58. The van der Waals surface area contributed by atoms with Crippen LogP contribution in [0.5, 0.6) is 0 Å². The molecular formula is C11H18O3. The molecule has 0 unspecified atom stereocenters. The topological polar surface area (TPSA) is 43.4 Å². The molecular weight excluding hydrogens is 180 g/mol. The minimum atomic E-state index is -0.364. The summed E-state index contributed by atoms with van der Waals surface area (Å²) in [6.45, 7) is 3.58. The minimum Gasteiger partial charge on any atom is -0.462 e. The van der Waals surface area contributed by atoms with E-state index < -0.39 is 0 Å². The molecule has 1 rings (SSSR count). The molecule has 1 aliphatic rings. The highest BCUT2D eigenvalue weighted by molar-refractivity contribution is 5.94. The Hall–Kier alpha value is -0.860. The van der Waals surface area contributed by atoms with Crippen molar-refractivity contribution in [3.63, 3.8) is 0 Å². The molecule has 0 aromatic heterocycles. The van der Waals surface area contributed by atoms with Gasteiger partial charge in [-0.05, 0) is 32.1 Å². The number of hydrogen-bond acceptors (Lipinski definition) is 3. The average Bonchev–Trinajstić information content (AvgIpc) is 2.01. The fourth-order valence-electron chi connectivity index (χ4n) is 1.92. The van der Waals surface area contributed by atoms with Crippen molar-refractivity contribution >= 4 is 11.8 Å². The van der Waals surface area contributed by atoms with Crippen LogP contribution in [0.15, 0.2) is 0 Å². The van der Waals surface area contributed by atoms with Crippen LogP contribution in [-0.2, 0) is 14.3 Å². The van der Waals surface area contributed by atoms with Crippen LogP contribution in [0.25, 0.3) is 0 Å². The largest absolute Gasteiger partial charge is 0.462 e. The Morgan fingerprint density at radius 1 is 1.36 bits per heavy atom. The Balaban J connectivity index is 2.28. The van der Waals surface area contributed by atoms with E-state index in [9.17, 15) is 9.59 Å². The molecule has 0 aliphatic heterocycles. The zero-order valence-electron chi connectivity index (χ0n) is 8.91. The zero-order chi connectivity index (χ0) is 10.6. The Morgan fingerprint density at radius 3 is 2.64 bits per heavy atom. The van der Waals surface area contributed by atoms with Gasteiger partial charge in [0.1, 0.15) is 18.3 Å².